The number of para-hydroxylation sites is 1. The summed E-state index contributed by atoms with van der Waals surface area (Å²) in [7, 11) is -2.00. The van der Waals surface area contributed by atoms with Gasteiger partial charge in [-0.25, -0.2) is 13.1 Å². The van der Waals surface area contributed by atoms with Crippen LogP contribution >= 0.6 is 11.8 Å². The zero-order chi connectivity index (χ0) is 16.2. The molecule has 0 aliphatic carbocycles. The number of ether oxygens (including phenoxy) is 1. The van der Waals surface area contributed by atoms with Gasteiger partial charge in [0.15, 0.2) is 0 Å². The maximum absolute atomic E-state index is 12.5. The van der Waals surface area contributed by atoms with Crippen LogP contribution in [0.5, 0.6) is 5.75 Å². The molecule has 2 aromatic carbocycles. The molecule has 6 heteroatoms. The fourth-order valence-electron chi connectivity index (χ4n) is 2.14. The summed E-state index contributed by atoms with van der Waals surface area (Å²) in [5.41, 5.74) is 0.800. The molecular weight excluding hydrogens is 318 g/mol. The van der Waals surface area contributed by atoms with Gasteiger partial charge in [-0.1, -0.05) is 18.2 Å². The van der Waals surface area contributed by atoms with Gasteiger partial charge in [-0.3, -0.25) is 0 Å². The molecule has 0 saturated carbocycles. The van der Waals surface area contributed by atoms with Crippen LogP contribution in [-0.2, 0) is 10.0 Å². The number of hydrogen-bond acceptors (Lipinski definition) is 4. The maximum atomic E-state index is 12.5. The van der Waals surface area contributed by atoms with Crippen molar-refractivity contribution in [2.45, 2.75) is 22.8 Å². The molecule has 118 valence electrons. The Bertz CT molecular complexity index is 727. The fraction of sp³-hybridized carbons (Fsp3) is 0.250. The Labute approximate surface area is 135 Å². The first-order valence-corrected chi connectivity index (χ1v) is 9.48. The van der Waals surface area contributed by atoms with Gasteiger partial charge in [0.1, 0.15) is 5.75 Å². The highest BCUT2D eigenvalue weighted by molar-refractivity contribution is 7.98. The SMILES string of the molecule is COc1ccccc1C(C)NS(=O)(=O)c1ccc(SC)cc1. The van der Waals surface area contributed by atoms with Crippen molar-refractivity contribution in [3.63, 3.8) is 0 Å². The molecule has 2 rings (SSSR count). The molecule has 0 bridgehead atoms. The molecule has 4 nitrogen and oxygen atoms in total. The van der Waals surface area contributed by atoms with Crippen molar-refractivity contribution in [3.05, 3.63) is 54.1 Å². The normalized spacial score (nSPS) is 12.9. The van der Waals surface area contributed by atoms with Crippen molar-refractivity contribution >= 4 is 21.8 Å². The molecule has 0 aliphatic heterocycles. The Morgan fingerprint density at radius 3 is 2.32 bits per heavy atom. The summed E-state index contributed by atoms with van der Waals surface area (Å²) in [5, 5.41) is 0. The van der Waals surface area contributed by atoms with Gasteiger partial charge in [-0.2, -0.15) is 0 Å². The molecule has 2 aromatic rings. The highest BCUT2D eigenvalue weighted by Crippen LogP contribution is 2.26. The summed E-state index contributed by atoms with van der Waals surface area (Å²) in [4.78, 5) is 1.28. The predicted octanol–water partition coefficient (Wildman–Crippen LogP) is 3.46. The quantitative estimate of drug-likeness (QED) is 0.820. The predicted molar refractivity (Wildman–Crippen MR) is 90.0 cm³/mol. The van der Waals surface area contributed by atoms with Gasteiger partial charge in [0.05, 0.1) is 12.0 Å². The van der Waals surface area contributed by atoms with Crippen molar-refractivity contribution in [2.75, 3.05) is 13.4 Å². The van der Waals surface area contributed by atoms with E-state index in [4.69, 9.17) is 4.74 Å². The first-order valence-electron chi connectivity index (χ1n) is 6.77. The van der Waals surface area contributed by atoms with Gasteiger partial charge in [-0.05, 0) is 43.5 Å². The van der Waals surface area contributed by atoms with Crippen LogP contribution in [0.25, 0.3) is 0 Å². The molecule has 0 amide bonds. The van der Waals surface area contributed by atoms with E-state index in [1.54, 1.807) is 50.1 Å². The summed E-state index contributed by atoms with van der Waals surface area (Å²) in [5.74, 6) is 0.662. The molecule has 0 saturated heterocycles. The van der Waals surface area contributed by atoms with Gasteiger partial charge in [0.2, 0.25) is 10.0 Å². The van der Waals surface area contributed by atoms with Gasteiger partial charge in [0.25, 0.3) is 0 Å². The summed E-state index contributed by atoms with van der Waals surface area (Å²) in [6.07, 6.45) is 1.95. The molecule has 0 fully saturated rings. The van der Waals surface area contributed by atoms with Crippen LogP contribution in [0.2, 0.25) is 0 Å². The maximum Gasteiger partial charge on any atom is 0.241 e. The summed E-state index contributed by atoms with van der Waals surface area (Å²) in [6, 6.07) is 13.8. The van der Waals surface area contributed by atoms with E-state index in [-0.39, 0.29) is 10.9 Å². The van der Waals surface area contributed by atoms with Gasteiger partial charge >= 0.3 is 0 Å². The molecule has 0 heterocycles. The third kappa shape index (κ3) is 3.82. The Balaban J connectivity index is 2.23. The molecule has 0 spiro atoms. The highest BCUT2D eigenvalue weighted by Gasteiger charge is 2.20. The third-order valence-electron chi connectivity index (χ3n) is 3.31. The first-order chi connectivity index (χ1) is 10.5. The van der Waals surface area contributed by atoms with Crippen LogP contribution < -0.4 is 9.46 Å². The molecular formula is C16H19NO3S2. The molecule has 1 unspecified atom stereocenters. The second-order valence-corrected chi connectivity index (χ2v) is 7.35. The Morgan fingerprint density at radius 1 is 1.09 bits per heavy atom. The number of nitrogens with one attached hydrogen (secondary N) is 1. The van der Waals surface area contributed by atoms with E-state index in [1.165, 1.54) is 0 Å². The minimum absolute atomic E-state index is 0.257. The van der Waals surface area contributed by atoms with Crippen LogP contribution in [0.15, 0.2) is 58.3 Å². The third-order valence-corrected chi connectivity index (χ3v) is 5.61. The Morgan fingerprint density at radius 2 is 1.73 bits per heavy atom. The standard InChI is InChI=1S/C16H19NO3S2/c1-12(15-6-4-5-7-16(15)20-2)17-22(18,19)14-10-8-13(21-3)9-11-14/h4-12,17H,1-3H3. The minimum atomic E-state index is -3.57. The fourth-order valence-corrected chi connectivity index (χ4v) is 3.77. The second-order valence-electron chi connectivity index (χ2n) is 4.76. The Hall–Kier alpha value is -1.50. The van der Waals surface area contributed by atoms with E-state index in [1.807, 2.05) is 30.5 Å². The zero-order valence-corrected chi connectivity index (χ0v) is 14.4. The summed E-state index contributed by atoms with van der Waals surface area (Å²) >= 11 is 1.57. The molecule has 1 atom stereocenters. The Kier molecular flexibility index (Phi) is 5.50. The van der Waals surface area contributed by atoms with E-state index in [9.17, 15) is 8.42 Å². The number of sulfonamides is 1. The molecule has 22 heavy (non-hydrogen) atoms. The van der Waals surface area contributed by atoms with Crippen LogP contribution in [-0.4, -0.2) is 21.8 Å². The van der Waals surface area contributed by atoms with Crippen molar-refractivity contribution in [3.8, 4) is 5.75 Å². The average Bonchev–Trinajstić information content (AvgIpc) is 2.54. The number of methoxy groups -OCH3 is 1. The molecule has 0 aliphatic rings. The largest absolute Gasteiger partial charge is 0.496 e. The number of rotatable bonds is 6. The van der Waals surface area contributed by atoms with Gasteiger partial charge < -0.3 is 4.74 Å². The monoisotopic (exact) mass is 337 g/mol. The minimum Gasteiger partial charge on any atom is -0.496 e. The molecule has 1 N–H and O–H groups in total. The van der Waals surface area contributed by atoms with Crippen molar-refractivity contribution in [1.82, 2.24) is 4.72 Å². The van der Waals surface area contributed by atoms with E-state index in [2.05, 4.69) is 4.72 Å². The number of thioether (sulfide) groups is 1. The van der Waals surface area contributed by atoms with E-state index in [0.29, 0.717) is 5.75 Å². The van der Waals surface area contributed by atoms with Crippen LogP contribution in [0.3, 0.4) is 0 Å². The van der Waals surface area contributed by atoms with Crippen LogP contribution in [0.4, 0.5) is 0 Å². The lowest BCUT2D eigenvalue weighted by Crippen LogP contribution is -2.27. The molecule has 0 aromatic heterocycles. The highest BCUT2D eigenvalue weighted by atomic mass is 32.2. The summed E-state index contributed by atoms with van der Waals surface area (Å²) < 4.78 is 32.9. The van der Waals surface area contributed by atoms with Gasteiger partial charge in [0, 0.05) is 16.5 Å². The van der Waals surface area contributed by atoms with Crippen LogP contribution in [0.1, 0.15) is 18.5 Å². The van der Waals surface area contributed by atoms with E-state index in [0.717, 1.165) is 10.5 Å². The first kappa shape index (κ1) is 16.9. The number of hydrogen-bond donors (Lipinski definition) is 1. The van der Waals surface area contributed by atoms with E-state index < -0.39 is 10.0 Å². The molecule has 0 radical (unpaired) electrons. The van der Waals surface area contributed by atoms with Crippen LogP contribution in [0, 0.1) is 0 Å². The lowest BCUT2D eigenvalue weighted by Gasteiger charge is -2.17. The topological polar surface area (TPSA) is 55.4 Å². The lowest BCUT2D eigenvalue weighted by molar-refractivity contribution is 0.405. The average molecular weight is 337 g/mol. The van der Waals surface area contributed by atoms with Crippen molar-refractivity contribution < 1.29 is 13.2 Å². The van der Waals surface area contributed by atoms with Gasteiger partial charge in [-0.15, -0.1) is 11.8 Å². The summed E-state index contributed by atoms with van der Waals surface area (Å²) in [6.45, 7) is 1.80. The number of benzene rings is 2. The van der Waals surface area contributed by atoms with E-state index >= 15 is 0 Å². The van der Waals surface area contributed by atoms with Crippen molar-refractivity contribution in [2.24, 2.45) is 0 Å². The lowest BCUT2D eigenvalue weighted by atomic mass is 10.1. The zero-order valence-electron chi connectivity index (χ0n) is 12.7. The second kappa shape index (κ2) is 7.17. The smallest absolute Gasteiger partial charge is 0.241 e. The van der Waals surface area contributed by atoms with Crippen molar-refractivity contribution in [1.29, 1.82) is 0 Å².